The maximum absolute atomic E-state index is 13.3. The second-order valence-corrected chi connectivity index (χ2v) is 12.8. The Balaban J connectivity index is 1.47. The molecule has 0 unspecified atom stereocenters. The molecule has 1 spiro atoms. The molecule has 10 heteroatoms. The number of aryl methyl sites for hydroxylation is 2. The van der Waals surface area contributed by atoms with Crippen molar-refractivity contribution < 1.29 is 29.9 Å². The monoisotopic (exact) mass is 583 g/mol. The van der Waals surface area contributed by atoms with E-state index in [4.69, 9.17) is 11.6 Å². The van der Waals surface area contributed by atoms with Crippen LogP contribution in [0.5, 0.6) is 5.88 Å². The van der Waals surface area contributed by atoms with Gasteiger partial charge in [0.1, 0.15) is 6.61 Å². The smallest absolute Gasteiger partial charge is 0.335 e. The van der Waals surface area contributed by atoms with Crippen molar-refractivity contribution in [3.8, 4) is 17.1 Å². The number of carboxylic acid groups (broad SMARTS) is 1. The number of carboxylic acids is 1. The molecule has 1 heterocycles. The van der Waals surface area contributed by atoms with Gasteiger partial charge in [0.2, 0.25) is 11.8 Å². The first-order valence-electron chi connectivity index (χ1n) is 16.1. The Labute approximate surface area is 248 Å². The molecular weight excluding hydrogens is 540 g/mol. The van der Waals surface area contributed by atoms with Crippen LogP contribution in [0, 0.1) is 25.2 Å². The Hall–Kier alpha value is -3.50. The van der Waals surface area contributed by atoms with E-state index >= 15 is 0 Å². The highest BCUT2D eigenvalue weighted by Gasteiger charge is 2.53. The van der Waals surface area contributed by atoms with Crippen molar-refractivity contribution in [3.63, 3.8) is 0 Å². The van der Waals surface area contributed by atoms with E-state index in [1.54, 1.807) is 6.07 Å². The number of benzene rings is 2. The van der Waals surface area contributed by atoms with Crippen LogP contribution < -0.4 is 14.8 Å². The van der Waals surface area contributed by atoms with Gasteiger partial charge in [-0.2, -0.15) is 4.98 Å². The molecule has 5 rings (SSSR count). The average molecular weight is 584 g/mol. The third-order valence-electron chi connectivity index (χ3n) is 7.07. The molecule has 218 valence electrons. The van der Waals surface area contributed by atoms with E-state index < -0.39 is 46.2 Å². The molecule has 2 fully saturated rings. The number of carbonyl (C=O) groups is 1. The number of sulfonamides is 1. The average Bonchev–Trinajstić information content (AvgIpc) is 3.79. The first kappa shape index (κ1) is 23.1. The summed E-state index contributed by atoms with van der Waals surface area (Å²) in [6, 6.07) is 9.25. The minimum absolute atomic E-state index is 0.00230. The van der Waals surface area contributed by atoms with Crippen LogP contribution in [-0.2, 0) is 10.0 Å². The molecule has 0 bridgehead atoms. The summed E-state index contributed by atoms with van der Waals surface area (Å²) < 4.78 is 78.4. The lowest BCUT2D eigenvalue weighted by atomic mass is 9.76. The van der Waals surface area contributed by atoms with Crippen molar-refractivity contribution in [2.75, 3.05) is 11.3 Å². The minimum Gasteiger partial charge on any atom is -0.478 e. The molecule has 3 aromatic rings. The van der Waals surface area contributed by atoms with E-state index in [-0.39, 0.29) is 34.8 Å². The summed E-state index contributed by atoms with van der Waals surface area (Å²) in [5.74, 6) is -1.51. The Kier molecular flexibility index (Phi) is 6.43. The molecule has 2 aliphatic rings. The highest BCUT2D eigenvalue weighted by Crippen LogP contribution is 2.60. The van der Waals surface area contributed by atoms with Gasteiger partial charge >= 0.3 is 5.97 Å². The Morgan fingerprint density at radius 3 is 2.46 bits per heavy atom. The quantitative estimate of drug-likeness (QED) is 0.252. The molecule has 0 amide bonds. The molecule has 0 aliphatic heterocycles. The van der Waals surface area contributed by atoms with Gasteiger partial charge < -0.3 is 15.2 Å². The summed E-state index contributed by atoms with van der Waals surface area (Å²) >= 11 is 0. The zero-order valence-corrected chi connectivity index (χ0v) is 24.3. The van der Waals surface area contributed by atoms with E-state index in [2.05, 4.69) is 20.0 Å². The Bertz CT molecular complexity index is 1740. The summed E-state index contributed by atoms with van der Waals surface area (Å²) in [6.07, 6.45) is -2.96. The van der Waals surface area contributed by atoms with Gasteiger partial charge in [0.15, 0.2) is 0 Å². The van der Waals surface area contributed by atoms with Crippen LogP contribution in [0.15, 0.2) is 53.4 Å². The fraction of sp³-hybridized carbons (Fsp3) is 0.452. The lowest BCUT2D eigenvalue weighted by Gasteiger charge is -2.39. The van der Waals surface area contributed by atoms with E-state index in [1.807, 2.05) is 45.9 Å². The predicted octanol–water partition coefficient (Wildman–Crippen LogP) is 5.59. The largest absolute Gasteiger partial charge is 0.478 e. The van der Waals surface area contributed by atoms with Crippen molar-refractivity contribution in [1.29, 1.82) is 0 Å². The Morgan fingerprint density at radius 2 is 1.83 bits per heavy atom. The molecule has 0 saturated heterocycles. The lowest BCUT2D eigenvalue weighted by Crippen LogP contribution is -2.49. The summed E-state index contributed by atoms with van der Waals surface area (Å²) in [4.78, 5) is 19.9. The van der Waals surface area contributed by atoms with Gasteiger partial charge in [-0.05, 0) is 86.5 Å². The van der Waals surface area contributed by atoms with Gasteiger partial charge in [-0.1, -0.05) is 38.1 Å². The van der Waals surface area contributed by atoms with Gasteiger partial charge in [-0.3, -0.25) is 0 Å². The number of nitrogens with zero attached hydrogens (tertiary/aromatic N) is 2. The number of aromatic nitrogens is 2. The van der Waals surface area contributed by atoms with Crippen LogP contribution in [0.4, 0.5) is 5.95 Å². The lowest BCUT2D eigenvalue weighted by molar-refractivity contribution is 0.0696. The number of ether oxygens (including phenoxy) is 1. The van der Waals surface area contributed by atoms with Crippen LogP contribution >= 0.6 is 0 Å². The topological polar surface area (TPSA) is 131 Å². The first-order valence-corrected chi connectivity index (χ1v) is 15.1. The predicted molar refractivity (Wildman–Crippen MR) is 158 cm³/mol. The van der Waals surface area contributed by atoms with E-state index in [9.17, 15) is 18.3 Å². The molecular formula is C31H38N4O5S. The van der Waals surface area contributed by atoms with E-state index in [0.717, 1.165) is 22.8 Å². The van der Waals surface area contributed by atoms with Crippen molar-refractivity contribution in [3.05, 3.63) is 65.2 Å². The van der Waals surface area contributed by atoms with Gasteiger partial charge in [0.25, 0.3) is 10.0 Å². The molecule has 9 nitrogen and oxygen atoms in total. The minimum atomic E-state index is -4.32. The van der Waals surface area contributed by atoms with Gasteiger partial charge in [-0.15, -0.1) is 0 Å². The van der Waals surface area contributed by atoms with Gasteiger partial charge in [0.05, 0.1) is 16.2 Å². The highest BCUT2D eigenvalue weighted by atomic mass is 32.2. The molecule has 41 heavy (non-hydrogen) atoms. The van der Waals surface area contributed by atoms with E-state index in [1.165, 1.54) is 18.2 Å². The fourth-order valence-electron chi connectivity index (χ4n) is 4.92. The SMILES string of the molecule is [2H]C1([2H])C2(CC2)C([2H])([2H])C1([2H])N[C@@H](COc1cc(-c2c(C)cccc2C)nc(NS(=O)(=O)c2cccc(C(=O)O)c2)n1)CC(C)C. The van der Waals surface area contributed by atoms with Gasteiger partial charge in [-0.25, -0.2) is 22.9 Å². The third kappa shape index (κ3) is 6.87. The maximum Gasteiger partial charge on any atom is 0.335 e. The molecule has 0 radical (unpaired) electrons. The first-order chi connectivity index (χ1) is 21.3. The molecule has 2 aliphatic carbocycles. The standard InChI is InChI=1S/C31H38N4O5S/c1-19(2)13-23(32-24-16-31(17-24)11-12-31)18-40-27-15-26(28-20(3)7-5-8-21(28)4)33-30(34-27)35-41(38,39)25-10-6-9-22(14-25)29(36)37/h5-10,14-15,19,23-24,32H,11-13,16-18H2,1-4H3,(H,36,37)(H,33,34,35)/t23-/m1/s1/i16D2,17D2,24D. The summed E-state index contributed by atoms with van der Waals surface area (Å²) in [5, 5.41) is 12.3. The molecule has 2 saturated carbocycles. The van der Waals surface area contributed by atoms with Crippen molar-refractivity contribution in [2.45, 2.75) is 76.7 Å². The van der Waals surface area contributed by atoms with Crippen LogP contribution in [0.1, 0.15) is 74.2 Å². The number of hydrogen-bond acceptors (Lipinski definition) is 7. The molecule has 1 atom stereocenters. The second kappa shape index (κ2) is 11.4. The summed E-state index contributed by atoms with van der Waals surface area (Å²) in [7, 11) is -4.32. The van der Waals surface area contributed by atoms with E-state index in [0.29, 0.717) is 25.0 Å². The number of nitrogens with one attached hydrogen (secondary N) is 2. The summed E-state index contributed by atoms with van der Waals surface area (Å²) in [5.41, 5.74) is 1.46. The maximum atomic E-state index is 13.3. The molecule has 3 N–H and O–H groups in total. The van der Waals surface area contributed by atoms with Crippen LogP contribution in [0.3, 0.4) is 0 Å². The molecule has 1 aromatic heterocycles. The zero-order valence-electron chi connectivity index (χ0n) is 28.5. The van der Waals surface area contributed by atoms with Crippen LogP contribution in [-0.4, -0.2) is 48.1 Å². The fourth-order valence-corrected chi connectivity index (χ4v) is 5.91. The zero-order chi connectivity index (χ0) is 33.9. The number of aromatic carboxylic acids is 1. The van der Waals surface area contributed by atoms with Gasteiger partial charge in [0, 0.05) is 30.5 Å². The normalized spacial score (nSPS) is 21.8. The Morgan fingerprint density at radius 1 is 1.15 bits per heavy atom. The number of rotatable bonds is 12. The summed E-state index contributed by atoms with van der Waals surface area (Å²) in [6.45, 7) is 7.56. The van der Waals surface area contributed by atoms with Crippen LogP contribution in [0.2, 0.25) is 0 Å². The second-order valence-electron chi connectivity index (χ2n) is 11.1. The van der Waals surface area contributed by atoms with Crippen molar-refractivity contribution in [2.24, 2.45) is 11.3 Å². The van der Waals surface area contributed by atoms with Crippen molar-refractivity contribution >= 4 is 21.9 Å². The third-order valence-corrected chi connectivity index (χ3v) is 8.40. The highest BCUT2D eigenvalue weighted by molar-refractivity contribution is 7.92. The van der Waals surface area contributed by atoms with Crippen molar-refractivity contribution in [1.82, 2.24) is 15.3 Å². The molecule has 2 aromatic carbocycles. The number of anilines is 1. The van der Waals surface area contributed by atoms with Crippen LogP contribution in [0.25, 0.3) is 11.3 Å². The number of hydrogen-bond donors (Lipinski definition) is 3.